The Labute approximate surface area is 95.6 Å². The summed E-state index contributed by atoms with van der Waals surface area (Å²) < 4.78 is 5.09. The van der Waals surface area contributed by atoms with Gasteiger partial charge in [0.15, 0.2) is 0 Å². The summed E-state index contributed by atoms with van der Waals surface area (Å²) >= 11 is 0. The molecule has 0 bridgehead atoms. The number of nitrogens with zero attached hydrogens (tertiary/aromatic N) is 1. The van der Waals surface area contributed by atoms with Crippen LogP contribution in [0.3, 0.4) is 0 Å². The third-order valence-corrected chi connectivity index (χ3v) is 2.40. The van der Waals surface area contributed by atoms with Crippen molar-refractivity contribution in [3.63, 3.8) is 0 Å². The van der Waals surface area contributed by atoms with Gasteiger partial charge in [-0.1, -0.05) is 18.2 Å². The van der Waals surface area contributed by atoms with Crippen LogP contribution in [0.5, 0.6) is 5.75 Å². The number of ether oxygens (including phenoxy) is 1. The summed E-state index contributed by atoms with van der Waals surface area (Å²) in [5.74, 6) is 0.710. The maximum absolute atomic E-state index is 10.2. The molecule has 1 N–H and O–H groups in total. The normalized spacial score (nSPS) is 14.4. The van der Waals surface area contributed by atoms with Gasteiger partial charge in [-0.15, -0.1) is 0 Å². The van der Waals surface area contributed by atoms with Gasteiger partial charge in [0.1, 0.15) is 5.75 Å². The van der Waals surface area contributed by atoms with Gasteiger partial charge in [-0.25, -0.2) is 0 Å². The van der Waals surface area contributed by atoms with E-state index in [-0.39, 0.29) is 0 Å². The van der Waals surface area contributed by atoms with Crippen LogP contribution < -0.4 is 4.74 Å². The van der Waals surface area contributed by atoms with Gasteiger partial charge in [0.2, 0.25) is 0 Å². The second-order valence-corrected chi connectivity index (χ2v) is 3.74. The van der Waals surface area contributed by atoms with Crippen LogP contribution >= 0.6 is 0 Å². The van der Waals surface area contributed by atoms with E-state index in [1.165, 1.54) is 6.08 Å². The first kappa shape index (κ1) is 12.3. The van der Waals surface area contributed by atoms with Crippen molar-refractivity contribution in [3.05, 3.63) is 42.0 Å². The Bertz CT molecular complexity index is 416. The van der Waals surface area contributed by atoms with E-state index >= 15 is 0 Å². The van der Waals surface area contributed by atoms with Crippen molar-refractivity contribution in [3.8, 4) is 11.8 Å². The van der Waals surface area contributed by atoms with E-state index in [9.17, 15) is 5.11 Å². The van der Waals surface area contributed by atoms with Gasteiger partial charge in [-0.05, 0) is 31.0 Å². The Morgan fingerprint density at radius 3 is 2.94 bits per heavy atom. The lowest BCUT2D eigenvalue weighted by Gasteiger charge is -2.22. The minimum atomic E-state index is -0.984. The van der Waals surface area contributed by atoms with Gasteiger partial charge in [0.25, 0.3) is 0 Å². The van der Waals surface area contributed by atoms with Gasteiger partial charge in [0.05, 0.1) is 18.8 Å². The van der Waals surface area contributed by atoms with Crippen LogP contribution in [0.15, 0.2) is 36.4 Å². The molecule has 0 aromatic heterocycles. The molecule has 84 valence electrons. The molecule has 3 heteroatoms. The minimum Gasteiger partial charge on any atom is -0.497 e. The molecule has 0 unspecified atom stereocenters. The molecule has 1 aromatic carbocycles. The van der Waals surface area contributed by atoms with E-state index in [1.54, 1.807) is 26.2 Å². The molecule has 0 heterocycles. The predicted molar refractivity (Wildman–Crippen MR) is 61.9 cm³/mol. The van der Waals surface area contributed by atoms with Gasteiger partial charge in [-0.2, -0.15) is 5.26 Å². The Hall–Kier alpha value is -1.79. The monoisotopic (exact) mass is 217 g/mol. The molecule has 0 aliphatic rings. The zero-order chi connectivity index (χ0) is 12.0. The quantitative estimate of drug-likeness (QED) is 0.788. The molecule has 0 radical (unpaired) electrons. The van der Waals surface area contributed by atoms with Crippen LogP contribution in [0.2, 0.25) is 0 Å². The Balaban J connectivity index is 2.88. The second-order valence-electron chi connectivity index (χ2n) is 3.74. The number of hydrogen-bond acceptors (Lipinski definition) is 3. The maximum Gasteiger partial charge on any atom is 0.119 e. The Kier molecular flexibility index (Phi) is 4.10. The molecule has 1 aromatic rings. The summed E-state index contributed by atoms with van der Waals surface area (Å²) in [6, 6.07) is 9.18. The molecule has 0 fully saturated rings. The van der Waals surface area contributed by atoms with Crippen molar-refractivity contribution in [1.29, 1.82) is 5.26 Å². The molecule has 3 nitrogen and oxygen atoms in total. The van der Waals surface area contributed by atoms with Crippen LogP contribution in [0, 0.1) is 11.3 Å². The van der Waals surface area contributed by atoms with E-state index in [0.717, 1.165) is 5.56 Å². The van der Waals surface area contributed by atoms with Crippen molar-refractivity contribution < 1.29 is 9.84 Å². The van der Waals surface area contributed by atoms with Crippen molar-refractivity contribution in [2.75, 3.05) is 7.11 Å². The van der Waals surface area contributed by atoms with E-state index in [1.807, 2.05) is 24.3 Å². The first-order valence-corrected chi connectivity index (χ1v) is 5.01. The summed E-state index contributed by atoms with van der Waals surface area (Å²) in [7, 11) is 1.59. The molecule has 16 heavy (non-hydrogen) atoms. The number of methoxy groups -OCH3 is 1. The van der Waals surface area contributed by atoms with Gasteiger partial charge >= 0.3 is 0 Å². The molecule has 1 atom stereocenters. The average Bonchev–Trinajstić information content (AvgIpc) is 2.29. The summed E-state index contributed by atoms with van der Waals surface area (Å²) in [6.07, 6.45) is 3.42. The molecule has 0 spiro atoms. The van der Waals surface area contributed by atoms with E-state index < -0.39 is 5.60 Å². The highest BCUT2D eigenvalue weighted by Gasteiger charge is 2.21. The molecular formula is C13H15NO2. The van der Waals surface area contributed by atoms with Crippen molar-refractivity contribution >= 4 is 0 Å². The highest BCUT2D eigenvalue weighted by atomic mass is 16.5. The van der Waals surface area contributed by atoms with Crippen LogP contribution in [0.4, 0.5) is 0 Å². The van der Waals surface area contributed by atoms with Gasteiger partial charge in [-0.3, -0.25) is 0 Å². The zero-order valence-electron chi connectivity index (χ0n) is 9.47. The predicted octanol–water partition coefficient (Wildman–Crippen LogP) is 2.37. The van der Waals surface area contributed by atoms with E-state index in [0.29, 0.717) is 12.2 Å². The number of nitriles is 1. The van der Waals surface area contributed by atoms with E-state index in [2.05, 4.69) is 0 Å². The third-order valence-electron chi connectivity index (χ3n) is 2.40. The molecule has 0 aliphatic heterocycles. The van der Waals surface area contributed by atoms with Crippen LogP contribution in [-0.2, 0) is 5.60 Å². The standard InChI is InChI=1S/C13H15NO2/c1-13(15,8-3-4-9-14)11-6-5-7-12(10-11)16-2/h3-7,10,15H,8H2,1-2H3/b4-3-/t13-/m1/s1. The van der Waals surface area contributed by atoms with Crippen molar-refractivity contribution in [2.24, 2.45) is 0 Å². The van der Waals surface area contributed by atoms with Crippen LogP contribution in [0.1, 0.15) is 18.9 Å². The molecule has 0 amide bonds. The highest BCUT2D eigenvalue weighted by Crippen LogP contribution is 2.27. The number of hydrogen-bond donors (Lipinski definition) is 1. The smallest absolute Gasteiger partial charge is 0.119 e. The van der Waals surface area contributed by atoms with Crippen LogP contribution in [0.25, 0.3) is 0 Å². The zero-order valence-corrected chi connectivity index (χ0v) is 9.47. The largest absolute Gasteiger partial charge is 0.497 e. The first-order chi connectivity index (χ1) is 7.60. The van der Waals surface area contributed by atoms with Gasteiger partial charge in [0, 0.05) is 6.08 Å². The lowest BCUT2D eigenvalue weighted by molar-refractivity contribution is 0.0603. The number of aliphatic hydroxyl groups is 1. The highest BCUT2D eigenvalue weighted by molar-refractivity contribution is 5.32. The second kappa shape index (κ2) is 5.34. The van der Waals surface area contributed by atoms with Gasteiger partial charge < -0.3 is 9.84 Å². The fourth-order valence-electron chi connectivity index (χ4n) is 1.42. The van der Waals surface area contributed by atoms with Crippen LogP contribution in [-0.4, -0.2) is 12.2 Å². The number of allylic oxidation sites excluding steroid dienone is 1. The Morgan fingerprint density at radius 1 is 1.56 bits per heavy atom. The number of rotatable bonds is 4. The molecule has 0 aliphatic carbocycles. The van der Waals surface area contributed by atoms with Crippen molar-refractivity contribution in [1.82, 2.24) is 0 Å². The van der Waals surface area contributed by atoms with Crippen molar-refractivity contribution in [2.45, 2.75) is 18.9 Å². The van der Waals surface area contributed by atoms with E-state index in [4.69, 9.17) is 10.00 Å². The summed E-state index contributed by atoms with van der Waals surface area (Å²) in [5, 5.41) is 18.6. The lowest BCUT2D eigenvalue weighted by atomic mass is 9.92. The SMILES string of the molecule is COc1cccc([C@](C)(O)C/C=C\C#N)c1. The lowest BCUT2D eigenvalue weighted by Crippen LogP contribution is -2.19. The maximum atomic E-state index is 10.2. The fourth-order valence-corrected chi connectivity index (χ4v) is 1.42. The molecular weight excluding hydrogens is 202 g/mol. The molecule has 0 saturated heterocycles. The average molecular weight is 217 g/mol. The first-order valence-electron chi connectivity index (χ1n) is 5.01. The number of benzene rings is 1. The molecule has 1 rings (SSSR count). The summed E-state index contributed by atoms with van der Waals surface area (Å²) in [6.45, 7) is 1.71. The minimum absolute atomic E-state index is 0.397. The topological polar surface area (TPSA) is 53.2 Å². The Morgan fingerprint density at radius 2 is 2.31 bits per heavy atom. The third kappa shape index (κ3) is 3.11. The summed E-state index contributed by atoms with van der Waals surface area (Å²) in [5.41, 5.74) is -0.212. The fraction of sp³-hybridized carbons (Fsp3) is 0.308. The summed E-state index contributed by atoms with van der Waals surface area (Å²) in [4.78, 5) is 0. The molecule has 0 saturated carbocycles.